The number of aromatic nitrogens is 1. The summed E-state index contributed by atoms with van der Waals surface area (Å²) in [6.07, 6.45) is 12.2. The molecule has 0 aliphatic heterocycles. The van der Waals surface area contributed by atoms with Crippen molar-refractivity contribution in [3.8, 4) is 0 Å². The van der Waals surface area contributed by atoms with Gasteiger partial charge in [0, 0.05) is 18.8 Å². The quantitative estimate of drug-likeness (QED) is 0.677. The van der Waals surface area contributed by atoms with E-state index in [4.69, 9.17) is 4.74 Å². The van der Waals surface area contributed by atoms with Gasteiger partial charge < -0.3 is 10.1 Å². The van der Waals surface area contributed by atoms with Crippen molar-refractivity contribution in [2.45, 2.75) is 57.7 Å². The van der Waals surface area contributed by atoms with E-state index in [1.54, 1.807) is 0 Å². The lowest BCUT2D eigenvalue weighted by Gasteiger charge is -2.29. The van der Waals surface area contributed by atoms with Gasteiger partial charge in [0.2, 0.25) is 0 Å². The van der Waals surface area contributed by atoms with Crippen molar-refractivity contribution in [3.05, 3.63) is 66.5 Å². The molecule has 1 saturated carbocycles. The second-order valence-electron chi connectivity index (χ2n) is 6.92. The van der Waals surface area contributed by atoms with Gasteiger partial charge in [0.25, 0.3) is 0 Å². The highest BCUT2D eigenvalue weighted by Gasteiger charge is 2.46. The van der Waals surface area contributed by atoms with Crippen LogP contribution in [-0.4, -0.2) is 23.2 Å². The van der Waals surface area contributed by atoms with Crippen LogP contribution in [0.2, 0.25) is 0 Å². The van der Waals surface area contributed by atoms with Crippen molar-refractivity contribution in [3.63, 3.8) is 0 Å². The zero-order valence-electron chi connectivity index (χ0n) is 15.4. The summed E-state index contributed by atoms with van der Waals surface area (Å²) < 4.78 is 6.02. The predicted octanol–water partition coefficient (Wildman–Crippen LogP) is 4.53. The molecule has 0 bridgehead atoms. The maximum absolute atomic E-state index is 6.02. The number of hydrogen-bond donors (Lipinski definition) is 1. The van der Waals surface area contributed by atoms with E-state index in [-0.39, 0.29) is 17.2 Å². The van der Waals surface area contributed by atoms with Crippen molar-refractivity contribution in [1.82, 2.24) is 10.3 Å². The Morgan fingerprint density at radius 2 is 2.21 bits per heavy atom. The molecule has 3 heteroatoms. The van der Waals surface area contributed by atoms with Crippen LogP contribution in [0.3, 0.4) is 0 Å². The molecule has 1 heterocycles. The molecule has 1 unspecified atom stereocenters. The van der Waals surface area contributed by atoms with Crippen LogP contribution in [0.1, 0.15) is 46.2 Å². The minimum atomic E-state index is -0.202. The Labute approximate surface area is 146 Å². The zero-order chi connectivity index (χ0) is 17.6. The van der Waals surface area contributed by atoms with Crippen LogP contribution in [-0.2, 0) is 10.3 Å². The Kier molecular flexibility index (Phi) is 6.14. The van der Waals surface area contributed by atoms with Gasteiger partial charge in [-0.2, -0.15) is 0 Å². The first-order valence-electron chi connectivity index (χ1n) is 8.78. The second kappa shape index (κ2) is 7.91. The Bertz CT molecular complexity index is 598. The Hall–Kier alpha value is -1.71. The average Bonchev–Trinajstić information content (AvgIpc) is 3.33. The topological polar surface area (TPSA) is 34.2 Å². The molecular formula is C21H30N2O. The van der Waals surface area contributed by atoms with Gasteiger partial charge in [0.05, 0.1) is 16.8 Å². The number of nitrogens with zero attached hydrogens (tertiary/aromatic N) is 1. The molecule has 130 valence electrons. The molecule has 1 N–H and O–H groups in total. The van der Waals surface area contributed by atoms with E-state index in [2.05, 4.69) is 62.8 Å². The zero-order valence-corrected chi connectivity index (χ0v) is 15.4. The minimum Gasteiger partial charge on any atom is -0.371 e. The van der Waals surface area contributed by atoms with E-state index >= 15 is 0 Å². The van der Waals surface area contributed by atoms with Crippen molar-refractivity contribution in [2.24, 2.45) is 0 Å². The highest BCUT2D eigenvalue weighted by Crippen LogP contribution is 2.46. The maximum Gasteiger partial charge on any atom is 0.0931 e. The number of pyridine rings is 1. The van der Waals surface area contributed by atoms with E-state index in [9.17, 15) is 0 Å². The first-order chi connectivity index (χ1) is 11.4. The van der Waals surface area contributed by atoms with Crippen molar-refractivity contribution < 1.29 is 4.74 Å². The number of rotatable bonds is 9. The fourth-order valence-corrected chi connectivity index (χ4v) is 3.12. The van der Waals surface area contributed by atoms with Gasteiger partial charge in [0.1, 0.15) is 0 Å². The molecule has 0 saturated heterocycles. The SMILES string of the molecule is C=C/C=C\C(=C/C(C)NC(C)(C)c1ccccn1)C1(OCC)CC1. The smallest absolute Gasteiger partial charge is 0.0931 e. The molecule has 2 rings (SSSR count). The molecule has 24 heavy (non-hydrogen) atoms. The summed E-state index contributed by atoms with van der Waals surface area (Å²) in [6.45, 7) is 13.1. The van der Waals surface area contributed by atoms with Gasteiger partial charge in [-0.3, -0.25) is 4.98 Å². The molecule has 1 aromatic rings. The van der Waals surface area contributed by atoms with E-state index in [0.29, 0.717) is 0 Å². The maximum atomic E-state index is 6.02. The summed E-state index contributed by atoms with van der Waals surface area (Å²) in [6, 6.07) is 6.23. The summed E-state index contributed by atoms with van der Waals surface area (Å²) >= 11 is 0. The van der Waals surface area contributed by atoms with Gasteiger partial charge in [-0.15, -0.1) is 0 Å². The molecule has 0 radical (unpaired) electrons. The standard InChI is InChI=1S/C21H30N2O/c1-6-8-11-18(21(13-14-21)24-7-2)16-17(3)23-20(4,5)19-12-9-10-15-22-19/h6,8-12,15-17,23H,1,7,13-14H2,2-5H3/b11-8-,18-16+. The molecule has 1 aliphatic rings. The van der Waals surface area contributed by atoms with E-state index in [1.165, 1.54) is 5.57 Å². The number of hydrogen-bond acceptors (Lipinski definition) is 3. The van der Waals surface area contributed by atoms with Gasteiger partial charge in [-0.25, -0.2) is 0 Å². The first kappa shape index (κ1) is 18.6. The third-order valence-corrected chi connectivity index (χ3v) is 4.39. The summed E-state index contributed by atoms with van der Waals surface area (Å²) in [5.74, 6) is 0. The summed E-state index contributed by atoms with van der Waals surface area (Å²) in [4.78, 5) is 4.49. The molecule has 3 nitrogen and oxygen atoms in total. The first-order valence-corrected chi connectivity index (χ1v) is 8.78. The fourth-order valence-electron chi connectivity index (χ4n) is 3.12. The van der Waals surface area contributed by atoms with E-state index in [1.807, 2.05) is 30.5 Å². The molecule has 0 aromatic carbocycles. The lowest BCUT2D eigenvalue weighted by Crippen LogP contribution is -2.42. The molecule has 1 aliphatic carbocycles. The fraction of sp³-hybridized carbons (Fsp3) is 0.476. The lowest BCUT2D eigenvalue weighted by molar-refractivity contribution is 0.0711. The summed E-state index contributed by atoms with van der Waals surface area (Å²) in [5.41, 5.74) is 1.98. The lowest BCUT2D eigenvalue weighted by atomic mass is 9.97. The molecule has 1 aromatic heterocycles. The molecule has 1 atom stereocenters. The van der Waals surface area contributed by atoms with Crippen LogP contribution in [0, 0.1) is 0 Å². The molecule has 0 amide bonds. The van der Waals surface area contributed by atoms with Gasteiger partial charge in [-0.1, -0.05) is 36.9 Å². The predicted molar refractivity (Wildman–Crippen MR) is 101 cm³/mol. The van der Waals surface area contributed by atoms with Crippen molar-refractivity contribution in [2.75, 3.05) is 6.61 Å². The summed E-state index contributed by atoms with van der Waals surface area (Å²) in [7, 11) is 0. The van der Waals surface area contributed by atoms with Crippen LogP contribution in [0.25, 0.3) is 0 Å². The average molecular weight is 326 g/mol. The van der Waals surface area contributed by atoms with Gasteiger partial charge in [0.15, 0.2) is 0 Å². The Morgan fingerprint density at radius 1 is 1.46 bits per heavy atom. The van der Waals surface area contributed by atoms with Gasteiger partial charge >= 0.3 is 0 Å². The highest BCUT2D eigenvalue weighted by atomic mass is 16.5. The largest absolute Gasteiger partial charge is 0.371 e. The van der Waals surface area contributed by atoms with Crippen LogP contribution in [0.4, 0.5) is 0 Å². The van der Waals surface area contributed by atoms with Crippen LogP contribution < -0.4 is 5.32 Å². The normalized spacial score (nSPS) is 18.6. The minimum absolute atomic E-state index is 0.0979. The second-order valence-corrected chi connectivity index (χ2v) is 6.92. The van der Waals surface area contributed by atoms with E-state index in [0.717, 1.165) is 25.1 Å². The number of ether oxygens (including phenoxy) is 1. The third kappa shape index (κ3) is 4.65. The highest BCUT2D eigenvalue weighted by molar-refractivity contribution is 5.37. The Morgan fingerprint density at radius 3 is 2.75 bits per heavy atom. The number of allylic oxidation sites excluding steroid dienone is 2. The van der Waals surface area contributed by atoms with Crippen LogP contribution in [0.5, 0.6) is 0 Å². The third-order valence-electron chi connectivity index (χ3n) is 4.39. The molecular weight excluding hydrogens is 296 g/mol. The van der Waals surface area contributed by atoms with Crippen molar-refractivity contribution in [1.29, 1.82) is 0 Å². The summed E-state index contributed by atoms with van der Waals surface area (Å²) in [5, 5.41) is 3.67. The Balaban J connectivity index is 2.16. The monoisotopic (exact) mass is 326 g/mol. The number of nitrogens with one attached hydrogen (secondary N) is 1. The van der Waals surface area contributed by atoms with Crippen LogP contribution >= 0.6 is 0 Å². The van der Waals surface area contributed by atoms with E-state index < -0.39 is 0 Å². The molecule has 1 fully saturated rings. The molecule has 0 spiro atoms. The van der Waals surface area contributed by atoms with Crippen molar-refractivity contribution >= 4 is 0 Å². The van der Waals surface area contributed by atoms with Gasteiger partial charge in [-0.05, 0) is 58.2 Å². The van der Waals surface area contributed by atoms with Crippen LogP contribution in [0.15, 0.2) is 60.9 Å².